The molecule has 0 spiro atoms. The fourth-order valence-electron chi connectivity index (χ4n) is 2.05. The summed E-state index contributed by atoms with van der Waals surface area (Å²) in [6, 6.07) is 8.34. The van der Waals surface area contributed by atoms with Crippen LogP contribution in [0.25, 0.3) is 0 Å². The molecule has 0 amide bonds. The second kappa shape index (κ2) is 11.5. The first-order valence-corrected chi connectivity index (χ1v) is 7.77. The Morgan fingerprint density at radius 1 is 1.22 bits per heavy atom. The molecular weight excluding hydrogens is 298 g/mol. The van der Waals surface area contributed by atoms with Gasteiger partial charge in [-0.2, -0.15) is 0 Å². The molecule has 0 fully saturated rings. The van der Waals surface area contributed by atoms with Crippen LogP contribution >= 0.6 is 0 Å². The predicted molar refractivity (Wildman–Crippen MR) is 87.5 cm³/mol. The fourth-order valence-corrected chi connectivity index (χ4v) is 2.05. The lowest BCUT2D eigenvalue weighted by Crippen LogP contribution is -2.27. The largest absolute Gasteiger partial charge is 0.467 e. The summed E-state index contributed by atoms with van der Waals surface area (Å²) in [5.74, 6) is -0.398. The third kappa shape index (κ3) is 8.21. The number of hydrogen-bond donors (Lipinski definition) is 0. The summed E-state index contributed by atoms with van der Waals surface area (Å²) in [6.45, 7) is 7.33. The first-order valence-electron chi connectivity index (χ1n) is 7.77. The van der Waals surface area contributed by atoms with E-state index in [1.54, 1.807) is 0 Å². The second-order valence-electron chi connectivity index (χ2n) is 4.97. The van der Waals surface area contributed by atoms with Crippen LogP contribution < -0.4 is 4.90 Å². The van der Waals surface area contributed by atoms with Crippen LogP contribution in [0, 0.1) is 6.92 Å². The van der Waals surface area contributed by atoms with Crippen LogP contribution in [-0.4, -0.2) is 52.0 Å². The van der Waals surface area contributed by atoms with Crippen molar-refractivity contribution in [2.24, 2.45) is 0 Å². The van der Waals surface area contributed by atoms with E-state index in [4.69, 9.17) is 9.47 Å². The van der Waals surface area contributed by atoms with E-state index < -0.39 is 5.97 Å². The molecule has 0 aliphatic rings. The van der Waals surface area contributed by atoms with Crippen molar-refractivity contribution in [1.29, 1.82) is 0 Å². The van der Waals surface area contributed by atoms with Crippen molar-refractivity contribution in [3.63, 3.8) is 0 Å². The zero-order valence-electron chi connectivity index (χ0n) is 13.8. The van der Waals surface area contributed by atoms with Gasteiger partial charge in [0.05, 0.1) is 19.6 Å². The maximum Gasteiger partial charge on any atom is 0.309 e. The number of carbonyl (C=O) groups is 2. The van der Waals surface area contributed by atoms with Crippen LogP contribution in [0.15, 0.2) is 24.3 Å². The van der Waals surface area contributed by atoms with Gasteiger partial charge in [-0.15, -0.1) is 0 Å². The van der Waals surface area contributed by atoms with Gasteiger partial charge >= 0.3 is 5.97 Å². The van der Waals surface area contributed by atoms with E-state index in [0.717, 1.165) is 13.1 Å². The average Bonchev–Trinajstić information content (AvgIpc) is 2.54. The van der Waals surface area contributed by atoms with Crippen LogP contribution in [0.2, 0.25) is 0 Å². The number of likely N-dealkylation sites (N-methyl/N-ethyl adjacent to an activating group) is 1. The van der Waals surface area contributed by atoms with Gasteiger partial charge in [-0.05, 0) is 31.5 Å². The molecule has 0 bridgehead atoms. The second-order valence-corrected chi connectivity index (χ2v) is 4.97. The van der Waals surface area contributed by atoms with Crippen LogP contribution in [0.1, 0.15) is 18.9 Å². The molecular formula is C17H25NO5. The Bertz CT molecular complexity index is 478. The van der Waals surface area contributed by atoms with Crippen molar-refractivity contribution in [2.45, 2.75) is 20.3 Å². The molecule has 0 aliphatic heterocycles. The third-order valence-corrected chi connectivity index (χ3v) is 3.24. The smallest absolute Gasteiger partial charge is 0.309 e. The van der Waals surface area contributed by atoms with E-state index in [9.17, 15) is 9.59 Å². The summed E-state index contributed by atoms with van der Waals surface area (Å²) in [6.07, 6.45) is 0.0652. The minimum Gasteiger partial charge on any atom is -0.467 e. The molecule has 0 unspecified atom stereocenters. The Kier molecular flexibility index (Phi) is 9.47. The molecule has 0 heterocycles. The van der Waals surface area contributed by atoms with Crippen LogP contribution in [0.4, 0.5) is 5.69 Å². The number of rotatable bonds is 12. The van der Waals surface area contributed by atoms with E-state index in [-0.39, 0.29) is 19.6 Å². The lowest BCUT2D eigenvalue weighted by atomic mass is 10.2. The molecule has 6 heteroatoms. The average molecular weight is 323 g/mol. The summed E-state index contributed by atoms with van der Waals surface area (Å²) in [4.78, 5) is 23.4. The highest BCUT2D eigenvalue weighted by atomic mass is 16.6. The lowest BCUT2D eigenvalue weighted by molar-refractivity contribution is -0.147. The fraction of sp³-hybridized carbons (Fsp3) is 0.529. The minimum absolute atomic E-state index is 0.0468. The lowest BCUT2D eigenvalue weighted by Gasteiger charge is -2.23. The Hall–Kier alpha value is -2.08. The third-order valence-electron chi connectivity index (χ3n) is 3.24. The quantitative estimate of drug-likeness (QED) is 0.333. The molecule has 1 aromatic carbocycles. The number of benzene rings is 1. The van der Waals surface area contributed by atoms with Gasteiger partial charge in [-0.25, -0.2) is 0 Å². The first-order chi connectivity index (χ1) is 11.2. The highest BCUT2D eigenvalue weighted by Gasteiger charge is 2.05. The van der Waals surface area contributed by atoms with E-state index in [0.29, 0.717) is 19.7 Å². The van der Waals surface area contributed by atoms with Crippen molar-refractivity contribution >= 4 is 18.1 Å². The molecule has 6 nitrogen and oxygen atoms in total. The van der Waals surface area contributed by atoms with Crippen LogP contribution in [0.3, 0.4) is 0 Å². The monoisotopic (exact) mass is 323 g/mol. The van der Waals surface area contributed by atoms with E-state index in [1.165, 1.54) is 11.3 Å². The Morgan fingerprint density at radius 2 is 2.04 bits per heavy atom. The van der Waals surface area contributed by atoms with Gasteiger partial charge in [0.2, 0.25) is 0 Å². The highest BCUT2D eigenvalue weighted by molar-refractivity contribution is 5.69. The molecule has 0 radical (unpaired) electrons. The number of carbonyl (C=O) groups excluding carboxylic acids is 2. The molecule has 0 N–H and O–H groups in total. The summed E-state index contributed by atoms with van der Waals surface area (Å²) < 4.78 is 14.9. The SMILES string of the molecule is CCN(CCOCCOC(=O)CCOC=O)c1cccc(C)c1. The van der Waals surface area contributed by atoms with Gasteiger partial charge in [-0.3, -0.25) is 9.59 Å². The van der Waals surface area contributed by atoms with Gasteiger partial charge in [0.1, 0.15) is 13.2 Å². The van der Waals surface area contributed by atoms with Gasteiger partial charge in [-0.1, -0.05) is 12.1 Å². The van der Waals surface area contributed by atoms with Crippen LogP contribution in [-0.2, 0) is 23.8 Å². The Balaban J connectivity index is 2.13. The molecule has 0 aromatic heterocycles. The van der Waals surface area contributed by atoms with Crippen molar-refractivity contribution < 1.29 is 23.8 Å². The van der Waals surface area contributed by atoms with Crippen molar-refractivity contribution in [2.75, 3.05) is 44.4 Å². The molecule has 23 heavy (non-hydrogen) atoms. The van der Waals surface area contributed by atoms with E-state index in [2.05, 4.69) is 41.7 Å². The molecule has 1 aromatic rings. The number of hydrogen-bond acceptors (Lipinski definition) is 6. The minimum atomic E-state index is -0.398. The van der Waals surface area contributed by atoms with E-state index >= 15 is 0 Å². The number of aryl methyl sites for hydroxylation is 1. The highest BCUT2D eigenvalue weighted by Crippen LogP contribution is 2.15. The Morgan fingerprint density at radius 3 is 2.74 bits per heavy atom. The zero-order chi connectivity index (χ0) is 16.9. The Labute approximate surface area is 137 Å². The van der Waals surface area contributed by atoms with E-state index in [1.807, 2.05) is 6.07 Å². The molecule has 0 saturated carbocycles. The maximum atomic E-state index is 11.2. The van der Waals surface area contributed by atoms with Crippen molar-refractivity contribution in [3.05, 3.63) is 29.8 Å². The number of ether oxygens (including phenoxy) is 3. The number of nitrogens with zero attached hydrogens (tertiary/aromatic N) is 1. The summed E-state index contributed by atoms with van der Waals surface area (Å²) in [5, 5.41) is 0. The predicted octanol–water partition coefficient (Wildman–Crippen LogP) is 1.94. The molecule has 1 rings (SSSR count). The number of anilines is 1. The van der Waals surface area contributed by atoms with Gasteiger partial charge in [0, 0.05) is 18.8 Å². The van der Waals surface area contributed by atoms with Crippen molar-refractivity contribution in [1.82, 2.24) is 0 Å². The first kappa shape index (κ1) is 19.0. The van der Waals surface area contributed by atoms with Gasteiger partial charge in [0.15, 0.2) is 0 Å². The normalized spacial score (nSPS) is 10.2. The summed E-state index contributed by atoms with van der Waals surface area (Å²) in [7, 11) is 0. The summed E-state index contributed by atoms with van der Waals surface area (Å²) >= 11 is 0. The zero-order valence-corrected chi connectivity index (χ0v) is 13.8. The molecule has 0 saturated heterocycles. The van der Waals surface area contributed by atoms with Gasteiger partial charge in [0.25, 0.3) is 6.47 Å². The van der Waals surface area contributed by atoms with Gasteiger partial charge < -0.3 is 19.1 Å². The van der Waals surface area contributed by atoms with Crippen LogP contribution in [0.5, 0.6) is 0 Å². The maximum absolute atomic E-state index is 11.2. The molecule has 0 aliphatic carbocycles. The van der Waals surface area contributed by atoms with Crippen molar-refractivity contribution in [3.8, 4) is 0 Å². The molecule has 0 atom stereocenters. The topological polar surface area (TPSA) is 65.1 Å². The standard InChI is InChI=1S/C17H25NO5/c1-3-18(16-6-4-5-15(2)13-16)8-10-21-11-12-23-17(20)7-9-22-14-19/h4-6,13-14H,3,7-12H2,1-2H3. The number of esters is 1. The summed E-state index contributed by atoms with van der Waals surface area (Å²) in [5.41, 5.74) is 2.41. The molecule has 128 valence electrons.